The largest absolute Gasteiger partial charge is 0.497 e. The zero-order chi connectivity index (χ0) is 28.5. The van der Waals surface area contributed by atoms with Gasteiger partial charge in [0.15, 0.2) is 16.3 Å². The van der Waals surface area contributed by atoms with Gasteiger partial charge in [0.2, 0.25) is 0 Å². The summed E-state index contributed by atoms with van der Waals surface area (Å²) < 4.78 is 25.0. The third-order valence-corrected chi connectivity index (χ3v) is 8.43. The van der Waals surface area contributed by atoms with E-state index in [9.17, 15) is 4.79 Å². The Hall–Kier alpha value is -4.56. The van der Waals surface area contributed by atoms with Gasteiger partial charge in [0, 0.05) is 11.1 Å². The number of hydrogen-bond donors (Lipinski definition) is 0. The molecule has 1 atom stereocenters. The van der Waals surface area contributed by atoms with E-state index in [0.717, 1.165) is 40.8 Å². The van der Waals surface area contributed by atoms with Crippen LogP contribution in [0.2, 0.25) is 0 Å². The van der Waals surface area contributed by atoms with Crippen molar-refractivity contribution in [3.8, 4) is 23.0 Å². The lowest BCUT2D eigenvalue weighted by atomic mass is 9.83. The molecule has 1 unspecified atom stereocenters. The number of fused-ring (bicyclic) bond motifs is 3. The number of methoxy groups -OCH3 is 3. The van der Waals surface area contributed by atoms with E-state index in [-0.39, 0.29) is 11.6 Å². The van der Waals surface area contributed by atoms with E-state index in [1.165, 1.54) is 16.9 Å². The molecule has 0 amide bonds. The number of allylic oxidation sites excluding steroid dienone is 1. The molecule has 4 aromatic rings. The first-order valence-electron chi connectivity index (χ1n) is 13.3. The zero-order valence-corrected chi connectivity index (χ0v) is 24.0. The van der Waals surface area contributed by atoms with Crippen LogP contribution in [0.3, 0.4) is 0 Å². The minimum Gasteiger partial charge on any atom is -0.497 e. The smallest absolute Gasteiger partial charge is 0.271 e. The van der Waals surface area contributed by atoms with Gasteiger partial charge in [-0.05, 0) is 65.9 Å². The average molecular weight is 567 g/mol. The van der Waals surface area contributed by atoms with Gasteiger partial charge in [-0.15, -0.1) is 0 Å². The molecule has 1 aliphatic heterocycles. The number of aryl methyl sites for hydroxylation is 1. The lowest BCUT2D eigenvalue weighted by molar-refractivity contribution is 0.326. The molecule has 1 aliphatic carbocycles. The van der Waals surface area contributed by atoms with Gasteiger partial charge in [-0.25, -0.2) is 4.99 Å². The standard InChI is InChI=1S/C33H30N2O5S/c1-5-16-40-27-14-10-20(17-28(27)39-4)18-29-32(36)35-31(25-19-22(37-2)12-15-26(25)38-3)24-13-11-21-8-6-7-9-23(21)30(24)34-33(35)41-29/h5-10,12,14-15,17-19,31H,1,11,13,16H2,2-4H3. The second-order valence-electron chi connectivity index (χ2n) is 9.73. The van der Waals surface area contributed by atoms with Crippen molar-refractivity contribution >= 4 is 23.1 Å². The first-order valence-corrected chi connectivity index (χ1v) is 14.1. The summed E-state index contributed by atoms with van der Waals surface area (Å²) >= 11 is 1.38. The summed E-state index contributed by atoms with van der Waals surface area (Å²) in [6, 6.07) is 19.3. The van der Waals surface area contributed by atoms with Crippen LogP contribution < -0.4 is 33.8 Å². The Morgan fingerprint density at radius 2 is 1.78 bits per heavy atom. The summed E-state index contributed by atoms with van der Waals surface area (Å²) in [5.41, 5.74) is 5.98. The van der Waals surface area contributed by atoms with Gasteiger partial charge in [-0.2, -0.15) is 0 Å². The molecule has 1 aromatic heterocycles. The summed E-state index contributed by atoms with van der Waals surface area (Å²) in [6.45, 7) is 4.07. The third-order valence-electron chi connectivity index (χ3n) is 7.45. The topological polar surface area (TPSA) is 71.3 Å². The lowest BCUT2D eigenvalue weighted by Gasteiger charge is -2.31. The number of thiazole rings is 1. The molecule has 0 spiro atoms. The van der Waals surface area contributed by atoms with Crippen molar-refractivity contribution in [3.05, 3.63) is 121 Å². The van der Waals surface area contributed by atoms with Crippen LogP contribution in [-0.4, -0.2) is 32.5 Å². The number of rotatable bonds is 8. The molecule has 0 N–H and O–H groups in total. The van der Waals surface area contributed by atoms with Gasteiger partial charge in [0.25, 0.3) is 5.56 Å². The molecule has 7 nitrogen and oxygen atoms in total. The number of nitrogens with zero attached hydrogens (tertiary/aromatic N) is 2. The van der Waals surface area contributed by atoms with E-state index in [1.54, 1.807) is 32.0 Å². The van der Waals surface area contributed by atoms with E-state index in [4.69, 9.17) is 23.9 Å². The molecule has 2 aliphatic rings. The van der Waals surface area contributed by atoms with Crippen LogP contribution in [-0.2, 0) is 6.42 Å². The second kappa shape index (κ2) is 11.1. The summed E-state index contributed by atoms with van der Waals surface area (Å²) in [7, 11) is 4.88. The molecule has 0 bridgehead atoms. The number of benzene rings is 3. The normalized spacial score (nSPS) is 15.8. The van der Waals surface area contributed by atoms with Crippen LogP contribution in [0.4, 0.5) is 0 Å². The van der Waals surface area contributed by atoms with Crippen LogP contribution >= 0.6 is 11.3 Å². The number of aromatic nitrogens is 1. The van der Waals surface area contributed by atoms with Gasteiger partial charge >= 0.3 is 0 Å². The van der Waals surface area contributed by atoms with E-state index < -0.39 is 0 Å². The average Bonchev–Trinajstić information content (AvgIpc) is 3.32. The van der Waals surface area contributed by atoms with Gasteiger partial charge in [-0.1, -0.05) is 54.3 Å². The lowest BCUT2D eigenvalue weighted by Crippen LogP contribution is -2.39. The first kappa shape index (κ1) is 26.7. The molecule has 0 saturated heterocycles. The molecular formula is C33H30N2O5S. The Kier molecular flexibility index (Phi) is 7.24. The van der Waals surface area contributed by atoms with Gasteiger partial charge in [0.05, 0.1) is 37.6 Å². The number of hydrogen-bond acceptors (Lipinski definition) is 7. The SMILES string of the molecule is C=CCOc1ccc(C=c2sc3n(c2=O)C(c2cc(OC)ccc2OC)C2=C(N=3)c3ccccc3CC2)cc1OC. The van der Waals surface area contributed by atoms with E-state index in [0.29, 0.717) is 38.9 Å². The Morgan fingerprint density at radius 1 is 0.976 bits per heavy atom. The quantitative estimate of drug-likeness (QED) is 0.284. The highest BCUT2D eigenvalue weighted by Crippen LogP contribution is 2.44. The molecular weight excluding hydrogens is 536 g/mol. The highest BCUT2D eigenvalue weighted by molar-refractivity contribution is 7.07. The molecule has 0 fully saturated rings. The van der Waals surface area contributed by atoms with Crippen molar-refractivity contribution < 1.29 is 18.9 Å². The predicted molar refractivity (Wildman–Crippen MR) is 161 cm³/mol. The van der Waals surface area contributed by atoms with Crippen LogP contribution in [0.5, 0.6) is 23.0 Å². The minimum absolute atomic E-state index is 0.111. The maximum atomic E-state index is 14.2. The Labute approximate surface area is 241 Å². The van der Waals surface area contributed by atoms with Crippen LogP contribution in [0.1, 0.15) is 34.7 Å². The van der Waals surface area contributed by atoms with Crippen molar-refractivity contribution in [2.24, 2.45) is 4.99 Å². The third kappa shape index (κ3) is 4.74. The molecule has 3 aromatic carbocycles. The zero-order valence-electron chi connectivity index (χ0n) is 23.2. The summed E-state index contributed by atoms with van der Waals surface area (Å²) in [5.74, 6) is 2.59. The van der Waals surface area contributed by atoms with E-state index in [1.807, 2.05) is 48.5 Å². The van der Waals surface area contributed by atoms with Gasteiger partial charge in [0.1, 0.15) is 18.1 Å². The molecule has 2 heterocycles. The van der Waals surface area contributed by atoms with Gasteiger partial charge in [-0.3, -0.25) is 9.36 Å². The van der Waals surface area contributed by atoms with Gasteiger partial charge < -0.3 is 18.9 Å². The van der Waals surface area contributed by atoms with Crippen LogP contribution in [0, 0.1) is 0 Å². The number of ether oxygens (including phenoxy) is 4. The van der Waals surface area contributed by atoms with Crippen LogP contribution in [0.15, 0.2) is 88.7 Å². The second-order valence-corrected chi connectivity index (χ2v) is 10.7. The Bertz CT molecular complexity index is 1870. The summed E-state index contributed by atoms with van der Waals surface area (Å²) in [5, 5.41) is 0. The Morgan fingerprint density at radius 3 is 2.56 bits per heavy atom. The predicted octanol–water partition coefficient (Wildman–Crippen LogP) is 4.91. The highest BCUT2D eigenvalue weighted by Gasteiger charge is 2.34. The van der Waals surface area contributed by atoms with Crippen molar-refractivity contribution in [1.82, 2.24) is 4.57 Å². The summed E-state index contributed by atoms with van der Waals surface area (Å²) in [6.07, 6.45) is 5.21. The maximum absolute atomic E-state index is 14.2. The minimum atomic E-state index is -0.383. The molecule has 0 saturated carbocycles. The molecule has 41 heavy (non-hydrogen) atoms. The van der Waals surface area contributed by atoms with Crippen molar-refractivity contribution in [2.45, 2.75) is 18.9 Å². The maximum Gasteiger partial charge on any atom is 0.271 e. The summed E-state index contributed by atoms with van der Waals surface area (Å²) in [4.78, 5) is 19.9. The molecule has 0 radical (unpaired) electrons. The van der Waals surface area contributed by atoms with Crippen molar-refractivity contribution in [3.63, 3.8) is 0 Å². The van der Waals surface area contributed by atoms with E-state index >= 15 is 0 Å². The fourth-order valence-electron chi connectivity index (χ4n) is 5.55. The molecule has 8 heteroatoms. The fraction of sp³-hybridized carbons (Fsp3) is 0.212. The van der Waals surface area contributed by atoms with Crippen LogP contribution in [0.25, 0.3) is 11.8 Å². The monoisotopic (exact) mass is 566 g/mol. The molecule has 208 valence electrons. The van der Waals surface area contributed by atoms with E-state index in [2.05, 4.69) is 24.8 Å². The van der Waals surface area contributed by atoms with Crippen molar-refractivity contribution in [1.29, 1.82) is 0 Å². The first-order chi connectivity index (χ1) is 20.1. The Balaban J connectivity index is 1.57. The van der Waals surface area contributed by atoms with Crippen molar-refractivity contribution in [2.75, 3.05) is 27.9 Å². The highest BCUT2D eigenvalue weighted by atomic mass is 32.1. The fourth-order valence-corrected chi connectivity index (χ4v) is 6.55. The molecule has 6 rings (SSSR count).